The summed E-state index contributed by atoms with van der Waals surface area (Å²) >= 11 is 5.95. The quantitative estimate of drug-likeness (QED) is 0.764. The van der Waals surface area contributed by atoms with Crippen LogP contribution in [0.2, 0.25) is 5.02 Å². The summed E-state index contributed by atoms with van der Waals surface area (Å²) in [6, 6.07) is 8.82. The van der Waals surface area contributed by atoms with Crippen LogP contribution < -0.4 is 5.32 Å². The Morgan fingerprint density at radius 1 is 1.46 bits per heavy atom. The average molecular weight is 350 g/mol. The molecule has 1 aromatic carbocycles. The van der Waals surface area contributed by atoms with Crippen molar-refractivity contribution in [3.05, 3.63) is 47.2 Å². The highest BCUT2D eigenvalue weighted by Gasteiger charge is 2.21. The lowest BCUT2D eigenvalue weighted by Crippen LogP contribution is -2.35. The molecule has 0 bridgehead atoms. The number of hydrogen-bond donors (Lipinski definition) is 2. The van der Waals surface area contributed by atoms with Crippen LogP contribution in [-0.2, 0) is 4.74 Å². The maximum Gasteiger partial charge on any atom is 0.271 e. The molecule has 3 rings (SSSR count). The fourth-order valence-electron chi connectivity index (χ4n) is 2.22. The van der Waals surface area contributed by atoms with E-state index >= 15 is 0 Å². The minimum atomic E-state index is -0.720. The number of hydrogen-bond acceptors (Lipinski definition) is 4. The fraction of sp³-hybridized carbons (Fsp3) is 0.412. The molecule has 1 aromatic heterocycles. The van der Waals surface area contributed by atoms with Crippen molar-refractivity contribution >= 4 is 17.5 Å². The van der Waals surface area contributed by atoms with Gasteiger partial charge in [0.05, 0.1) is 18.4 Å². The number of carbonyl (C=O) groups excluding carboxylic acids is 1. The maximum absolute atomic E-state index is 12.1. The molecule has 128 valence electrons. The number of aromatic nitrogens is 2. The van der Waals surface area contributed by atoms with Gasteiger partial charge in [-0.3, -0.25) is 4.79 Å². The molecule has 1 saturated carbocycles. The second-order valence-electron chi connectivity index (χ2n) is 5.97. The molecule has 24 heavy (non-hydrogen) atoms. The van der Waals surface area contributed by atoms with Gasteiger partial charge in [0.1, 0.15) is 0 Å². The van der Waals surface area contributed by atoms with Gasteiger partial charge in [0.2, 0.25) is 0 Å². The highest BCUT2D eigenvalue weighted by molar-refractivity contribution is 6.30. The predicted octanol–water partition coefficient (Wildman–Crippen LogP) is 2.04. The summed E-state index contributed by atoms with van der Waals surface area (Å²) in [7, 11) is 0. The summed E-state index contributed by atoms with van der Waals surface area (Å²) in [5.74, 6) is 0.319. The first-order chi connectivity index (χ1) is 11.6. The molecule has 1 fully saturated rings. The van der Waals surface area contributed by atoms with Crippen molar-refractivity contribution in [2.45, 2.75) is 18.9 Å². The lowest BCUT2D eigenvalue weighted by atomic mass is 10.3. The van der Waals surface area contributed by atoms with Crippen LogP contribution in [0.1, 0.15) is 23.3 Å². The number of aliphatic hydroxyl groups excluding tert-OH is 1. The van der Waals surface area contributed by atoms with Gasteiger partial charge in [0, 0.05) is 24.4 Å². The van der Waals surface area contributed by atoms with Gasteiger partial charge in [-0.1, -0.05) is 17.7 Å². The summed E-state index contributed by atoms with van der Waals surface area (Å²) in [6.07, 6.45) is 3.39. The third-order valence-corrected chi connectivity index (χ3v) is 3.99. The SMILES string of the molecule is O=C(NC[C@@H](O)COCC1CC1)c1ccn(-c2cccc(Cl)c2)n1. The van der Waals surface area contributed by atoms with Gasteiger partial charge in [0.15, 0.2) is 5.69 Å². The van der Waals surface area contributed by atoms with E-state index in [-0.39, 0.29) is 24.8 Å². The van der Waals surface area contributed by atoms with Crippen molar-refractivity contribution in [1.82, 2.24) is 15.1 Å². The first kappa shape index (κ1) is 17.0. The van der Waals surface area contributed by atoms with Gasteiger partial charge in [-0.25, -0.2) is 4.68 Å². The Bertz CT molecular complexity index is 700. The minimum Gasteiger partial charge on any atom is -0.389 e. The van der Waals surface area contributed by atoms with Crippen molar-refractivity contribution in [3.63, 3.8) is 0 Å². The van der Waals surface area contributed by atoms with Crippen LogP contribution in [0.25, 0.3) is 5.69 Å². The average Bonchev–Trinajstić information content (AvgIpc) is 3.25. The van der Waals surface area contributed by atoms with Crippen molar-refractivity contribution in [2.24, 2.45) is 5.92 Å². The number of aliphatic hydroxyl groups is 1. The zero-order chi connectivity index (χ0) is 16.9. The molecule has 1 aliphatic carbocycles. The number of rotatable bonds is 8. The second kappa shape index (κ2) is 7.79. The van der Waals surface area contributed by atoms with Crippen molar-refractivity contribution in [2.75, 3.05) is 19.8 Å². The summed E-state index contributed by atoms with van der Waals surface area (Å²) in [6.45, 7) is 1.05. The van der Waals surface area contributed by atoms with E-state index in [1.807, 2.05) is 12.1 Å². The van der Waals surface area contributed by atoms with Crippen molar-refractivity contribution < 1.29 is 14.6 Å². The van der Waals surface area contributed by atoms with Gasteiger partial charge in [-0.05, 0) is 43.0 Å². The van der Waals surface area contributed by atoms with Crippen LogP contribution in [0.5, 0.6) is 0 Å². The lowest BCUT2D eigenvalue weighted by Gasteiger charge is -2.11. The zero-order valence-corrected chi connectivity index (χ0v) is 13.9. The number of carbonyl (C=O) groups is 1. The molecule has 0 spiro atoms. The zero-order valence-electron chi connectivity index (χ0n) is 13.2. The third kappa shape index (κ3) is 4.80. The standard InChI is InChI=1S/C17H20ClN3O3/c18-13-2-1-3-14(8-13)21-7-6-16(20-21)17(23)19-9-15(22)11-24-10-12-4-5-12/h1-3,6-8,12,15,22H,4-5,9-11H2,(H,19,23)/t15-/m1/s1. The van der Waals surface area contributed by atoms with Crippen LogP contribution in [0.3, 0.4) is 0 Å². The number of benzene rings is 1. The van der Waals surface area contributed by atoms with Crippen LogP contribution in [0, 0.1) is 5.92 Å². The normalized spacial score (nSPS) is 15.2. The van der Waals surface area contributed by atoms with E-state index in [0.29, 0.717) is 17.5 Å². The molecule has 2 N–H and O–H groups in total. The molecule has 6 nitrogen and oxygen atoms in total. The first-order valence-corrected chi connectivity index (χ1v) is 8.35. The van der Waals surface area contributed by atoms with Crippen LogP contribution in [0.4, 0.5) is 0 Å². The molecule has 7 heteroatoms. The van der Waals surface area contributed by atoms with Crippen molar-refractivity contribution in [3.8, 4) is 5.69 Å². The summed E-state index contributed by atoms with van der Waals surface area (Å²) in [4.78, 5) is 12.1. The molecule has 1 atom stereocenters. The van der Waals surface area contributed by atoms with Gasteiger partial charge < -0.3 is 15.2 Å². The van der Waals surface area contributed by atoms with E-state index in [1.54, 1.807) is 29.1 Å². The van der Waals surface area contributed by atoms with E-state index in [2.05, 4.69) is 10.4 Å². The van der Waals surface area contributed by atoms with E-state index in [9.17, 15) is 9.90 Å². The molecule has 0 saturated heterocycles. The molecular formula is C17H20ClN3O3. The Morgan fingerprint density at radius 3 is 3.04 bits per heavy atom. The third-order valence-electron chi connectivity index (χ3n) is 3.75. The summed E-state index contributed by atoms with van der Waals surface area (Å²) in [5, 5.41) is 17.3. The molecular weight excluding hydrogens is 330 g/mol. The Labute approximate surface area is 145 Å². The maximum atomic E-state index is 12.1. The largest absolute Gasteiger partial charge is 0.389 e. The number of nitrogens with one attached hydrogen (secondary N) is 1. The van der Waals surface area contributed by atoms with Crippen molar-refractivity contribution in [1.29, 1.82) is 0 Å². The highest BCUT2D eigenvalue weighted by atomic mass is 35.5. The predicted molar refractivity (Wildman–Crippen MR) is 90.5 cm³/mol. The highest BCUT2D eigenvalue weighted by Crippen LogP contribution is 2.28. The first-order valence-electron chi connectivity index (χ1n) is 7.97. The van der Waals surface area contributed by atoms with Gasteiger partial charge in [0.25, 0.3) is 5.91 Å². The minimum absolute atomic E-state index is 0.132. The smallest absolute Gasteiger partial charge is 0.271 e. The summed E-state index contributed by atoms with van der Waals surface area (Å²) in [5.41, 5.74) is 1.05. The Hall–Kier alpha value is -1.89. The Kier molecular flexibility index (Phi) is 5.50. The van der Waals surface area contributed by atoms with Gasteiger partial charge >= 0.3 is 0 Å². The number of halogens is 1. The number of nitrogens with zero attached hydrogens (tertiary/aromatic N) is 2. The van der Waals surface area contributed by atoms with E-state index in [1.165, 1.54) is 12.8 Å². The number of ether oxygens (including phenoxy) is 1. The summed E-state index contributed by atoms with van der Waals surface area (Å²) < 4.78 is 6.98. The monoisotopic (exact) mass is 349 g/mol. The van der Waals surface area contributed by atoms with Crippen LogP contribution in [0.15, 0.2) is 36.5 Å². The second-order valence-corrected chi connectivity index (χ2v) is 6.41. The molecule has 2 aromatic rings. The van der Waals surface area contributed by atoms with Gasteiger partial charge in [-0.15, -0.1) is 0 Å². The Morgan fingerprint density at radius 2 is 2.29 bits per heavy atom. The topological polar surface area (TPSA) is 76.4 Å². The molecule has 1 heterocycles. The fourth-order valence-corrected chi connectivity index (χ4v) is 2.41. The molecule has 0 unspecified atom stereocenters. The van der Waals surface area contributed by atoms with Crippen LogP contribution >= 0.6 is 11.6 Å². The molecule has 0 radical (unpaired) electrons. The lowest BCUT2D eigenvalue weighted by molar-refractivity contribution is 0.0320. The number of amides is 1. The van der Waals surface area contributed by atoms with Gasteiger partial charge in [-0.2, -0.15) is 5.10 Å². The van der Waals surface area contributed by atoms with E-state index in [0.717, 1.165) is 5.69 Å². The van der Waals surface area contributed by atoms with E-state index in [4.69, 9.17) is 16.3 Å². The Balaban J connectivity index is 1.48. The van der Waals surface area contributed by atoms with E-state index < -0.39 is 6.10 Å². The molecule has 1 amide bonds. The molecule has 1 aliphatic rings. The molecule has 0 aliphatic heterocycles. The van der Waals surface area contributed by atoms with Crippen LogP contribution in [-0.4, -0.2) is 46.7 Å².